The third kappa shape index (κ3) is 7.27. The van der Waals surface area contributed by atoms with E-state index in [-0.39, 0.29) is 35.2 Å². The highest BCUT2D eigenvalue weighted by atomic mass is 31.2. The van der Waals surface area contributed by atoms with Gasteiger partial charge in [0.25, 0.3) is 8.53 Å². The molecule has 1 fully saturated rings. The molecule has 12 heteroatoms. The van der Waals surface area contributed by atoms with Crippen molar-refractivity contribution in [3.63, 3.8) is 0 Å². The summed E-state index contributed by atoms with van der Waals surface area (Å²) in [4.78, 5) is 17.3. The van der Waals surface area contributed by atoms with Crippen LogP contribution in [0.25, 0.3) is 16.0 Å². The van der Waals surface area contributed by atoms with Gasteiger partial charge < -0.3 is 23.1 Å². The van der Waals surface area contributed by atoms with Crippen molar-refractivity contribution in [1.82, 2.24) is 24.2 Å². The Morgan fingerprint density at radius 1 is 1.15 bits per heavy atom. The van der Waals surface area contributed by atoms with Crippen LogP contribution in [-0.2, 0) is 18.2 Å². The Hall–Kier alpha value is -1.51. The fraction of sp³-hybridized carbons (Fsp3) is 0.786. The standard InChI is InChI=1S/C28H49N6O4PSi/c1-18(2)34(19(3)4)39(35-15-14-29-11)36-16-23-20(5)25(38-40(12,13)28(8,9)10)27(37-23)33-17-30-24-21(6)31-22(7)32-26(24)33/h17-20,23,25,27H,14-16H2,1-10,12-13H3/t20-,23-,25-,27-,39?/m1/s1. The van der Waals surface area contributed by atoms with Crippen molar-refractivity contribution in [1.29, 1.82) is 0 Å². The Morgan fingerprint density at radius 2 is 1.80 bits per heavy atom. The van der Waals surface area contributed by atoms with E-state index in [9.17, 15) is 0 Å². The van der Waals surface area contributed by atoms with Gasteiger partial charge in [0.2, 0.25) is 6.54 Å². The molecule has 3 heterocycles. The lowest BCUT2D eigenvalue weighted by Crippen LogP contribution is -2.47. The van der Waals surface area contributed by atoms with Gasteiger partial charge in [-0.15, -0.1) is 0 Å². The van der Waals surface area contributed by atoms with Crippen LogP contribution in [0.4, 0.5) is 0 Å². The summed E-state index contributed by atoms with van der Waals surface area (Å²) < 4.78 is 30.7. The van der Waals surface area contributed by atoms with Gasteiger partial charge in [-0.3, -0.25) is 4.57 Å². The van der Waals surface area contributed by atoms with Crippen LogP contribution in [0, 0.1) is 26.3 Å². The number of aryl methyl sites for hydroxylation is 2. The first-order valence-electron chi connectivity index (χ1n) is 14.3. The zero-order chi connectivity index (χ0) is 30.0. The number of rotatable bonds is 12. The van der Waals surface area contributed by atoms with Crippen LogP contribution in [0.3, 0.4) is 0 Å². The van der Waals surface area contributed by atoms with Crippen molar-refractivity contribution in [3.05, 3.63) is 29.3 Å². The highest BCUT2D eigenvalue weighted by Crippen LogP contribution is 2.48. The van der Waals surface area contributed by atoms with E-state index in [0.717, 1.165) is 16.9 Å². The van der Waals surface area contributed by atoms with E-state index in [2.05, 4.69) is 88.0 Å². The quantitative estimate of drug-likeness (QED) is 0.117. The summed E-state index contributed by atoms with van der Waals surface area (Å²) in [6, 6.07) is 0.457. The SMILES string of the molecule is [C-]#[N+]CCOP(OC[C@H]1O[C@@H](n2cnc3c(C)nc(C)nc32)[C@H](O[Si](C)(C)C(C)(C)C)[C@@H]1C)N(C(C)C)C(C)C. The van der Waals surface area contributed by atoms with Crippen molar-refractivity contribution in [2.75, 3.05) is 19.8 Å². The number of ether oxygens (including phenoxy) is 1. The number of imidazole rings is 1. The first-order valence-corrected chi connectivity index (χ1v) is 18.3. The van der Waals surface area contributed by atoms with E-state index >= 15 is 0 Å². The van der Waals surface area contributed by atoms with Gasteiger partial charge in [-0.05, 0) is 59.7 Å². The summed E-state index contributed by atoms with van der Waals surface area (Å²) in [7, 11) is -3.51. The van der Waals surface area contributed by atoms with Crippen LogP contribution >= 0.6 is 8.53 Å². The first kappa shape index (κ1) is 33.0. The molecular weight excluding hydrogens is 543 g/mol. The maximum atomic E-state index is 7.15. The second-order valence-corrected chi connectivity index (χ2v) is 19.0. The van der Waals surface area contributed by atoms with Gasteiger partial charge in [0.15, 0.2) is 20.2 Å². The Kier molecular flexibility index (Phi) is 10.9. The molecule has 2 aromatic heterocycles. The lowest BCUT2D eigenvalue weighted by atomic mass is 10.0. The Balaban J connectivity index is 1.94. The monoisotopic (exact) mass is 592 g/mol. The van der Waals surface area contributed by atoms with Crippen molar-refractivity contribution in [2.45, 2.75) is 118 Å². The molecule has 1 saturated heterocycles. The zero-order valence-corrected chi connectivity index (χ0v) is 28.3. The van der Waals surface area contributed by atoms with Crippen molar-refractivity contribution < 1.29 is 18.2 Å². The minimum atomic E-state index is -2.14. The predicted molar refractivity (Wildman–Crippen MR) is 162 cm³/mol. The molecule has 5 atom stereocenters. The number of nitrogens with zero attached hydrogens (tertiary/aromatic N) is 6. The number of hydrogen-bond donors (Lipinski definition) is 0. The minimum absolute atomic E-state index is 0.0400. The molecule has 40 heavy (non-hydrogen) atoms. The molecule has 1 aliphatic heterocycles. The fourth-order valence-electron chi connectivity index (χ4n) is 4.78. The summed E-state index contributed by atoms with van der Waals surface area (Å²) in [5.41, 5.74) is 2.37. The summed E-state index contributed by atoms with van der Waals surface area (Å²) in [6.45, 7) is 34.0. The maximum Gasteiger partial charge on any atom is 0.259 e. The van der Waals surface area contributed by atoms with Gasteiger partial charge in [0.1, 0.15) is 17.9 Å². The average Bonchev–Trinajstić information content (AvgIpc) is 3.37. The molecule has 1 unspecified atom stereocenters. The largest absolute Gasteiger partial charge is 0.409 e. The molecule has 0 aromatic carbocycles. The van der Waals surface area contributed by atoms with E-state index in [4.69, 9.17) is 29.8 Å². The van der Waals surface area contributed by atoms with E-state index < -0.39 is 23.1 Å². The van der Waals surface area contributed by atoms with E-state index in [0.29, 0.717) is 25.6 Å². The van der Waals surface area contributed by atoms with Crippen molar-refractivity contribution >= 4 is 28.0 Å². The van der Waals surface area contributed by atoms with Gasteiger partial charge in [-0.2, -0.15) is 0 Å². The zero-order valence-electron chi connectivity index (χ0n) is 26.4. The Labute approximate surface area is 243 Å². The van der Waals surface area contributed by atoms with Crippen LogP contribution in [-0.4, -0.2) is 76.6 Å². The molecule has 0 N–H and O–H groups in total. The molecule has 1 aliphatic rings. The van der Waals surface area contributed by atoms with Crippen LogP contribution < -0.4 is 0 Å². The first-order chi connectivity index (χ1) is 18.6. The number of fused-ring (bicyclic) bond motifs is 1. The summed E-state index contributed by atoms with van der Waals surface area (Å²) in [5.74, 6) is 0.747. The van der Waals surface area contributed by atoms with Crippen molar-refractivity contribution in [2.24, 2.45) is 5.92 Å². The summed E-state index contributed by atoms with van der Waals surface area (Å²) in [5, 5.41) is 0.0400. The molecule has 0 bridgehead atoms. The molecule has 224 valence electrons. The average molecular weight is 593 g/mol. The van der Waals surface area contributed by atoms with Crippen LogP contribution in [0.2, 0.25) is 18.1 Å². The maximum absolute atomic E-state index is 7.15. The highest BCUT2D eigenvalue weighted by Gasteiger charge is 2.50. The van der Waals surface area contributed by atoms with Crippen LogP contribution in [0.5, 0.6) is 0 Å². The second kappa shape index (κ2) is 13.2. The number of aromatic nitrogens is 4. The van der Waals surface area contributed by atoms with Crippen molar-refractivity contribution in [3.8, 4) is 0 Å². The molecule has 2 aromatic rings. The Bertz CT molecular complexity index is 1170. The predicted octanol–water partition coefficient (Wildman–Crippen LogP) is 6.67. The van der Waals surface area contributed by atoms with Gasteiger partial charge in [0.05, 0.1) is 30.8 Å². The van der Waals surface area contributed by atoms with E-state index in [1.807, 2.05) is 18.4 Å². The number of hydrogen-bond acceptors (Lipinski definition) is 8. The second-order valence-electron chi connectivity index (χ2n) is 12.8. The summed E-state index contributed by atoms with van der Waals surface area (Å²) >= 11 is 0. The minimum Gasteiger partial charge on any atom is -0.409 e. The van der Waals surface area contributed by atoms with E-state index in [1.54, 1.807) is 6.33 Å². The summed E-state index contributed by atoms with van der Waals surface area (Å²) in [6.07, 6.45) is 0.963. The fourth-order valence-corrected chi connectivity index (χ4v) is 7.75. The lowest BCUT2D eigenvalue weighted by molar-refractivity contribution is -0.0450. The molecule has 0 saturated carbocycles. The van der Waals surface area contributed by atoms with E-state index in [1.165, 1.54) is 0 Å². The van der Waals surface area contributed by atoms with Gasteiger partial charge in [0, 0.05) is 18.0 Å². The molecule has 0 aliphatic carbocycles. The third-order valence-corrected chi connectivity index (χ3v) is 14.5. The van der Waals surface area contributed by atoms with Gasteiger partial charge in [-0.25, -0.2) is 26.2 Å². The smallest absolute Gasteiger partial charge is 0.259 e. The molecule has 0 amide bonds. The normalized spacial score (nSPS) is 23.1. The molecular formula is C28H49N6O4PSi. The molecule has 10 nitrogen and oxygen atoms in total. The molecule has 0 spiro atoms. The topological polar surface area (TPSA) is 88.1 Å². The lowest BCUT2D eigenvalue weighted by Gasteiger charge is -2.40. The van der Waals surface area contributed by atoms with Gasteiger partial charge in [-0.1, -0.05) is 27.7 Å². The third-order valence-electron chi connectivity index (χ3n) is 7.92. The Morgan fingerprint density at radius 3 is 2.38 bits per heavy atom. The molecule has 3 rings (SSSR count). The van der Waals surface area contributed by atoms with Crippen LogP contribution in [0.1, 0.15) is 73.1 Å². The van der Waals surface area contributed by atoms with Gasteiger partial charge >= 0.3 is 0 Å². The highest BCUT2D eigenvalue weighted by molar-refractivity contribution is 7.44. The molecule has 0 radical (unpaired) electrons. The van der Waals surface area contributed by atoms with Crippen LogP contribution in [0.15, 0.2) is 6.33 Å².